The Bertz CT molecular complexity index is 633. The van der Waals surface area contributed by atoms with E-state index < -0.39 is 12.0 Å². The highest BCUT2D eigenvalue weighted by molar-refractivity contribution is 7.99. The standard InChI is InChI=1S/C17H22N2O4S/c1-11(2)6-7-18-15(20)14-9-24-10-19(14)16(21)12-4-3-5-13(8-12)17(22)23/h3-5,8,11,14H,6-7,9-10H2,1-2H3,(H,18,20)(H,22,23). The van der Waals surface area contributed by atoms with Crippen molar-refractivity contribution in [1.29, 1.82) is 0 Å². The number of nitrogens with one attached hydrogen (secondary N) is 1. The molecular weight excluding hydrogens is 328 g/mol. The lowest BCUT2D eigenvalue weighted by Crippen LogP contribution is -2.47. The van der Waals surface area contributed by atoms with Crippen molar-refractivity contribution in [1.82, 2.24) is 10.2 Å². The van der Waals surface area contributed by atoms with E-state index in [0.29, 0.717) is 24.1 Å². The maximum atomic E-state index is 12.7. The summed E-state index contributed by atoms with van der Waals surface area (Å²) >= 11 is 1.52. The predicted molar refractivity (Wildman–Crippen MR) is 93.1 cm³/mol. The lowest BCUT2D eigenvalue weighted by atomic mass is 10.1. The summed E-state index contributed by atoms with van der Waals surface area (Å²) in [4.78, 5) is 37.6. The molecule has 1 fully saturated rings. The van der Waals surface area contributed by atoms with Gasteiger partial charge in [-0.2, -0.15) is 0 Å². The summed E-state index contributed by atoms with van der Waals surface area (Å²) in [7, 11) is 0. The first-order valence-corrected chi connectivity index (χ1v) is 9.05. The summed E-state index contributed by atoms with van der Waals surface area (Å²) in [6.07, 6.45) is 0.889. The predicted octanol–water partition coefficient (Wildman–Crippen LogP) is 2.06. The Morgan fingerprint density at radius 1 is 1.33 bits per heavy atom. The number of rotatable bonds is 6. The summed E-state index contributed by atoms with van der Waals surface area (Å²) in [5.74, 6) is -0.0605. The normalized spacial score (nSPS) is 17.1. The second-order valence-corrected chi connectivity index (χ2v) is 7.15. The number of carbonyl (C=O) groups excluding carboxylic acids is 2. The third kappa shape index (κ3) is 4.50. The highest BCUT2D eigenvalue weighted by Crippen LogP contribution is 2.23. The van der Waals surface area contributed by atoms with E-state index in [9.17, 15) is 14.4 Å². The van der Waals surface area contributed by atoms with E-state index in [1.54, 1.807) is 6.07 Å². The lowest BCUT2D eigenvalue weighted by Gasteiger charge is -2.23. The van der Waals surface area contributed by atoms with Crippen LogP contribution in [-0.4, -0.2) is 52.0 Å². The molecule has 0 bridgehead atoms. The van der Waals surface area contributed by atoms with Gasteiger partial charge in [0.15, 0.2) is 0 Å². The Kier molecular flexibility index (Phi) is 6.25. The Labute approximate surface area is 145 Å². The van der Waals surface area contributed by atoms with E-state index in [-0.39, 0.29) is 22.9 Å². The smallest absolute Gasteiger partial charge is 0.335 e. The van der Waals surface area contributed by atoms with Gasteiger partial charge in [-0.05, 0) is 30.5 Å². The van der Waals surface area contributed by atoms with Crippen LogP contribution < -0.4 is 5.32 Å². The zero-order chi connectivity index (χ0) is 17.7. The fraction of sp³-hybridized carbons (Fsp3) is 0.471. The zero-order valence-corrected chi connectivity index (χ0v) is 14.6. The Morgan fingerprint density at radius 3 is 2.71 bits per heavy atom. The van der Waals surface area contributed by atoms with Crippen LogP contribution in [0, 0.1) is 5.92 Å². The maximum Gasteiger partial charge on any atom is 0.335 e. The van der Waals surface area contributed by atoms with E-state index >= 15 is 0 Å². The minimum Gasteiger partial charge on any atom is -0.478 e. The summed E-state index contributed by atoms with van der Waals surface area (Å²) < 4.78 is 0. The summed E-state index contributed by atoms with van der Waals surface area (Å²) in [5, 5.41) is 11.9. The molecular formula is C17H22N2O4S. The van der Waals surface area contributed by atoms with Crippen LogP contribution in [0.1, 0.15) is 41.0 Å². The third-order valence-corrected chi connectivity index (χ3v) is 4.84. The van der Waals surface area contributed by atoms with Crippen LogP contribution in [-0.2, 0) is 4.79 Å². The molecule has 0 spiro atoms. The third-order valence-electron chi connectivity index (χ3n) is 3.82. The van der Waals surface area contributed by atoms with Crippen LogP contribution in [0.3, 0.4) is 0 Å². The van der Waals surface area contributed by atoms with Gasteiger partial charge in [-0.15, -0.1) is 11.8 Å². The molecule has 1 aliphatic heterocycles. The van der Waals surface area contributed by atoms with Gasteiger partial charge in [-0.1, -0.05) is 19.9 Å². The average Bonchev–Trinajstić information content (AvgIpc) is 3.03. The van der Waals surface area contributed by atoms with Gasteiger partial charge in [-0.25, -0.2) is 4.79 Å². The quantitative estimate of drug-likeness (QED) is 0.820. The minimum atomic E-state index is -1.08. The molecule has 6 nitrogen and oxygen atoms in total. The van der Waals surface area contributed by atoms with Gasteiger partial charge in [0.05, 0.1) is 11.4 Å². The van der Waals surface area contributed by atoms with Crippen molar-refractivity contribution < 1.29 is 19.5 Å². The number of thioether (sulfide) groups is 1. The molecule has 2 amide bonds. The van der Waals surface area contributed by atoms with E-state index in [2.05, 4.69) is 19.2 Å². The fourth-order valence-electron chi connectivity index (χ4n) is 2.41. The number of carbonyl (C=O) groups is 3. The first-order chi connectivity index (χ1) is 11.4. The van der Waals surface area contributed by atoms with E-state index in [1.165, 1.54) is 34.9 Å². The largest absolute Gasteiger partial charge is 0.478 e. The molecule has 1 heterocycles. The van der Waals surface area contributed by atoms with E-state index in [1.807, 2.05) is 0 Å². The number of nitrogens with zero attached hydrogens (tertiary/aromatic N) is 1. The van der Waals surface area contributed by atoms with Crippen LogP contribution >= 0.6 is 11.8 Å². The Balaban J connectivity index is 2.06. The van der Waals surface area contributed by atoms with Gasteiger partial charge in [0.25, 0.3) is 5.91 Å². The number of hydrogen-bond donors (Lipinski definition) is 2. The van der Waals surface area contributed by atoms with Gasteiger partial charge in [0, 0.05) is 17.9 Å². The van der Waals surface area contributed by atoms with Gasteiger partial charge >= 0.3 is 5.97 Å². The monoisotopic (exact) mass is 350 g/mol. The van der Waals surface area contributed by atoms with Crippen molar-refractivity contribution in [3.05, 3.63) is 35.4 Å². The number of carboxylic acids is 1. The van der Waals surface area contributed by atoms with Crippen LogP contribution in [0.25, 0.3) is 0 Å². The lowest BCUT2D eigenvalue weighted by molar-refractivity contribution is -0.124. The SMILES string of the molecule is CC(C)CCNC(=O)C1CSCN1C(=O)c1cccc(C(=O)O)c1. The number of aromatic carboxylic acids is 1. The second kappa shape index (κ2) is 8.19. The maximum absolute atomic E-state index is 12.7. The van der Waals surface area contributed by atoms with Crippen molar-refractivity contribution in [2.75, 3.05) is 18.2 Å². The molecule has 1 saturated heterocycles. The van der Waals surface area contributed by atoms with Crippen LogP contribution in [0.4, 0.5) is 0 Å². The highest BCUT2D eigenvalue weighted by Gasteiger charge is 2.35. The number of hydrogen-bond acceptors (Lipinski definition) is 4. The van der Waals surface area contributed by atoms with Gasteiger partial charge < -0.3 is 15.3 Å². The molecule has 7 heteroatoms. The zero-order valence-electron chi connectivity index (χ0n) is 13.8. The van der Waals surface area contributed by atoms with Crippen LogP contribution in [0.15, 0.2) is 24.3 Å². The van der Waals surface area contributed by atoms with Gasteiger partial charge in [-0.3, -0.25) is 9.59 Å². The number of amides is 2. The van der Waals surface area contributed by atoms with Crippen molar-refractivity contribution in [3.63, 3.8) is 0 Å². The minimum absolute atomic E-state index is 0.0608. The summed E-state index contributed by atoms with van der Waals surface area (Å²) in [6.45, 7) is 4.76. The van der Waals surface area contributed by atoms with E-state index in [0.717, 1.165) is 6.42 Å². The van der Waals surface area contributed by atoms with Gasteiger partial charge in [0.1, 0.15) is 6.04 Å². The summed E-state index contributed by atoms with van der Waals surface area (Å²) in [5.41, 5.74) is 0.350. The van der Waals surface area contributed by atoms with Crippen molar-refractivity contribution in [2.45, 2.75) is 26.3 Å². The molecule has 1 aliphatic rings. The van der Waals surface area contributed by atoms with E-state index in [4.69, 9.17) is 5.11 Å². The molecule has 2 rings (SSSR count). The number of benzene rings is 1. The number of carboxylic acid groups (broad SMARTS) is 1. The summed E-state index contributed by atoms with van der Waals surface area (Å²) in [6, 6.07) is 5.39. The first-order valence-electron chi connectivity index (χ1n) is 7.90. The second-order valence-electron chi connectivity index (χ2n) is 6.15. The molecule has 1 aromatic rings. The molecule has 1 unspecified atom stereocenters. The van der Waals surface area contributed by atoms with Crippen molar-refractivity contribution in [2.24, 2.45) is 5.92 Å². The molecule has 2 N–H and O–H groups in total. The fourth-order valence-corrected chi connectivity index (χ4v) is 3.57. The van der Waals surface area contributed by atoms with Gasteiger partial charge in [0.2, 0.25) is 5.91 Å². The molecule has 0 saturated carbocycles. The molecule has 24 heavy (non-hydrogen) atoms. The van der Waals surface area contributed by atoms with Crippen LogP contribution in [0.2, 0.25) is 0 Å². The Morgan fingerprint density at radius 2 is 2.04 bits per heavy atom. The molecule has 0 aromatic heterocycles. The molecule has 1 atom stereocenters. The highest BCUT2D eigenvalue weighted by atomic mass is 32.2. The molecule has 130 valence electrons. The first kappa shape index (κ1) is 18.3. The average molecular weight is 350 g/mol. The van der Waals surface area contributed by atoms with Crippen molar-refractivity contribution in [3.8, 4) is 0 Å². The van der Waals surface area contributed by atoms with Crippen molar-refractivity contribution >= 4 is 29.5 Å². The molecule has 0 radical (unpaired) electrons. The Hall–Kier alpha value is -2.02. The van der Waals surface area contributed by atoms with Crippen LogP contribution in [0.5, 0.6) is 0 Å². The topological polar surface area (TPSA) is 86.7 Å². The molecule has 0 aliphatic carbocycles. The molecule has 1 aromatic carbocycles.